The zero-order valence-electron chi connectivity index (χ0n) is 59.1. The normalized spacial score (nSPS) is 25.4. The molecule has 5 heterocycles. The number of likely N-dealkylation sites (N-methyl/N-ethyl adjacent to an activating group) is 1. The average Bonchev–Trinajstić information content (AvgIpc) is 1.62. The number of benzene rings is 3. The number of allylic oxidation sites excluding steroid dienone is 2. The van der Waals surface area contributed by atoms with Gasteiger partial charge in [-0.1, -0.05) is 85.2 Å². The first kappa shape index (κ1) is 77.2. The second kappa shape index (κ2) is 33.6. The number of hydrazone groups is 1. The van der Waals surface area contributed by atoms with Crippen LogP contribution in [0.25, 0.3) is 10.8 Å². The number of quaternary nitrogens is 1. The number of anilines is 2. The number of hydrogen-bond acceptors (Lipinski definition) is 19. The molecule has 26 heteroatoms. The number of carbonyl (C=O) groups excluding carboxylic acids is 9. The summed E-state index contributed by atoms with van der Waals surface area (Å²) in [7, 11) is 3.57. The Balaban J connectivity index is 1.08. The van der Waals surface area contributed by atoms with Gasteiger partial charge in [-0.05, 0) is 81.4 Å². The minimum absolute atomic E-state index is 0.0231. The maximum Gasteiger partial charge on any atom is 0.312 e. The first-order valence-corrected chi connectivity index (χ1v) is 34.0. The van der Waals surface area contributed by atoms with Gasteiger partial charge in [0.2, 0.25) is 11.8 Å². The zero-order valence-corrected chi connectivity index (χ0v) is 59.1. The maximum atomic E-state index is 14.9. The molecule has 99 heavy (non-hydrogen) atoms. The number of aliphatic hydroxyl groups excluding tert-OH is 1. The van der Waals surface area contributed by atoms with Crippen molar-refractivity contribution in [2.24, 2.45) is 52.3 Å². The number of ether oxygens (including phenoxy) is 4. The second-order valence-corrected chi connectivity index (χ2v) is 27.7. The zero-order chi connectivity index (χ0) is 73.0. The number of piperazine rings is 1. The molecule has 1 saturated heterocycles. The molecule has 1 fully saturated rings. The molecule has 0 unspecified atom stereocenters. The van der Waals surface area contributed by atoms with E-state index in [9.17, 15) is 63.6 Å². The van der Waals surface area contributed by atoms with Crippen molar-refractivity contribution in [2.75, 3.05) is 64.1 Å². The number of nitrogens with zero attached hydrogens (tertiary/aromatic N) is 4. The molecule has 0 radical (unpaired) electrons. The molecule has 3 aromatic rings. The van der Waals surface area contributed by atoms with Crippen molar-refractivity contribution in [3.05, 3.63) is 94.8 Å². The molecule has 8 rings (SSSR count). The van der Waals surface area contributed by atoms with Gasteiger partial charge >= 0.3 is 17.8 Å². The van der Waals surface area contributed by atoms with E-state index in [0.29, 0.717) is 68.6 Å². The summed E-state index contributed by atoms with van der Waals surface area (Å²) in [6, 6.07) is 5.75. The van der Waals surface area contributed by atoms with E-state index in [-0.39, 0.29) is 124 Å². The third kappa shape index (κ3) is 18.8. The van der Waals surface area contributed by atoms with Crippen molar-refractivity contribution >= 4 is 81.5 Å². The highest BCUT2D eigenvalue weighted by molar-refractivity contribution is 6.24. The fourth-order valence-corrected chi connectivity index (χ4v) is 13.3. The number of nitrogens with two attached hydrogens (primary N) is 1. The largest absolute Gasteiger partial charge is 0.507 e. The van der Waals surface area contributed by atoms with Crippen molar-refractivity contribution in [1.82, 2.24) is 20.5 Å². The number of urea groups is 1. The quantitative estimate of drug-likeness (QED) is 0.00827. The molecule has 3 aromatic carbocycles. The number of primary amides is 1. The van der Waals surface area contributed by atoms with Gasteiger partial charge in [-0.25, -0.2) is 4.79 Å². The van der Waals surface area contributed by atoms with Crippen LogP contribution in [0, 0.1) is 48.3 Å². The van der Waals surface area contributed by atoms with Crippen LogP contribution >= 0.6 is 0 Å². The van der Waals surface area contributed by atoms with Crippen molar-refractivity contribution < 1.29 is 87.0 Å². The van der Waals surface area contributed by atoms with Crippen molar-refractivity contribution in [1.29, 1.82) is 0 Å². The number of phenols is 3. The lowest BCUT2D eigenvalue weighted by molar-refractivity contribution is -0.926. The van der Waals surface area contributed by atoms with Gasteiger partial charge in [0.05, 0.1) is 86.2 Å². The van der Waals surface area contributed by atoms with Crippen LogP contribution in [0.15, 0.2) is 77.7 Å². The number of carbonyl (C=O) groups is 9. The Hall–Kier alpha value is -9.14. The highest BCUT2D eigenvalue weighted by Gasteiger charge is 2.50. The average molecular weight is 1380 g/mol. The van der Waals surface area contributed by atoms with Crippen LogP contribution < -0.4 is 31.7 Å². The molecule has 5 bridgehead atoms. The monoisotopic (exact) mass is 1370 g/mol. The molecule has 538 valence electrons. The number of unbranched alkanes of at least 4 members (excludes halogenated alkanes) is 2. The summed E-state index contributed by atoms with van der Waals surface area (Å²) < 4.78 is 24.8. The highest BCUT2D eigenvalue weighted by atomic mass is 16.7. The van der Waals surface area contributed by atoms with E-state index in [1.165, 1.54) is 65.5 Å². The van der Waals surface area contributed by atoms with E-state index < -0.39 is 94.7 Å². The summed E-state index contributed by atoms with van der Waals surface area (Å²) in [6.07, 6.45) is 11.2. The van der Waals surface area contributed by atoms with Crippen LogP contribution in [-0.4, -0.2) is 178 Å². The molecule has 0 saturated carbocycles. The SMILES string of the molecule is CO[C@H]1/C=C/O[C@@]2(C)Oc3c(C)c(O)c4c(O)c(c(/C=N/N5CC[N+](C)(Cc6ccc(NC(=O)[C@H](CCCNC(N)=O)CC(=O)[C@@H](NC(=O)CCCCCN7C(=O)C=CC7=O)C(C)C)cc6)CC5)c(O)c4c3C2=O)NC(=O)/C(C)=C\C=C\[C@H](C)[C@H](O)[C@@H](C)[C@@H](C)[C@@H](C)[C@H](OC(C)=O)[C@@H]1C. The third-order valence-electron chi connectivity index (χ3n) is 19.9. The first-order valence-electron chi connectivity index (χ1n) is 34.0. The van der Waals surface area contributed by atoms with E-state index in [4.69, 9.17) is 29.8 Å². The predicted molar refractivity (Wildman–Crippen MR) is 372 cm³/mol. The van der Waals surface area contributed by atoms with Gasteiger partial charge < -0.3 is 70.9 Å². The summed E-state index contributed by atoms with van der Waals surface area (Å²) in [4.78, 5) is 119. The minimum Gasteiger partial charge on any atom is -0.507 e. The van der Waals surface area contributed by atoms with Crippen LogP contribution in [0.3, 0.4) is 0 Å². The summed E-state index contributed by atoms with van der Waals surface area (Å²) in [6.45, 7) is 21.8. The number of ketones is 2. The number of rotatable bonds is 23. The Kier molecular flexibility index (Phi) is 26.2. The smallest absolute Gasteiger partial charge is 0.312 e. The number of aromatic hydroxyl groups is 3. The number of fused-ring (bicyclic) bond motifs is 14. The van der Waals surface area contributed by atoms with E-state index in [2.05, 4.69) is 28.3 Å². The topological polar surface area (TPSA) is 364 Å². The lowest BCUT2D eigenvalue weighted by atomic mass is 9.73. The van der Waals surface area contributed by atoms with Gasteiger partial charge in [0.1, 0.15) is 29.9 Å². The van der Waals surface area contributed by atoms with Gasteiger partial charge in [0, 0.05) is 105 Å². The Labute approximate surface area is 578 Å². The summed E-state index contributed by atoms with van der Waals surface area (Å²) in [5.41, 5.74) is 6.18. The molecule has 0 aromatic heterocycles. The maximum absolute atomic E-state index is 14.9. The fraction of sp³-hybridized carbons (Fsp3) is 0.534. The Morgan fingerprint density at radius 2 is 1.55 bits per heavy atom. The van der Waals surface area contributed by atoms with E-state index >= 15 is 0 Å². The van der Waals surface area contributed by atoms with Crippen molar-refractivity contribution in [3.8, 4) is 23.0 Å². The van der Waals surface area contributed by atoms with Gasteiger partial charge in [0.25, 0.3) is 23.5 Å². The van der Waals surface area contributed by atoms with Gasteiger partial charge in [0.15, 0.2) is 11.5 Å². The molecular weight excluding hydrogens is 1270 g/mol. The van der Waals surface area contributed by atoms with E-state index in [0.717, 1.165) is 10.5 Å². The molecule has 0 spiro atoms. The lowest BCUT2D eigenvalue weighted by Gasteiger charge is -2.41. The number of hydrogen-bond donors (Lipinski definition) is 9. The molecule has 5 aliphatic heterocycles. The lowest BCUT2D eigenvalue weighted by Crippen LogP contribution is -2.55. The third-order valence-corrected chi connectivity index (χ3v) is 19.9. The molecule has 26 nitrogen and oxygen atoms in total. The number of imide groups is 1. The van der Waals surface area contributed by atoms with Crippen molar-refractivity contribution in [2.45, 2.75) is 158 Å². The number of methoxy groups -OCH3 is 1. The Morgan fingerprint density at radius 3 is 2.17 bits per heavy atom. The molecule has 11 atom stereocenters. The standard InChI is InChI=1S/C73H99N9O17/c1-40(2)61(78-55(85)22-15-14-16-31-81-56(86)27-28-57(81)87)53(84)37-50(21-18-30-75-72(74)95)71(94)77-51-25-23-49(24-26-51)39-82(12)34-32-80(33-35-82)76-38-52-62-66(91)59-58(65(52)90)60-68(47(9)64(59)89)99-73(11,69(60)92)97-36-29-54(96-13)46(8)67(98-48(10)83)45(7)43(5)44(6)63(88)41(3)19-17-20-42(4)70(93)79-62/h17,19-20,23-29,36,38,40-41,43-46,50,54,61,63,67,88H,14-16,18,21-22,30-35,37,39H2,1-13H3,(H8-,74,75,76,77,78,79,85,86,87,89,90,91,92,93,94,95)/p+1/b19-17+,36-29+,42-20-/t41-,43+,44-,45+,46+,50+,54-,61-,63-,67-,73-/m0/s1. The van der Waals surface area contributed by atoms with Crippen LogP contribution in [-0.2, 0) is 54.3 Å². The molecule has 5 aliphatic rings. The van der Waals surface area contributed by atoms with Gasteiger partial charge in [-0.15, -0.1) is 0 Å². The molecular formula is C73H100N9O17+. The highest BCUT2D eigenvalue weighted by Crippen LogP contribution is 2.55. The van der Waals surface area contributed by atoms with Crippen LogP contribution in [0.5, 0.6) is 23.0 Å². The minimum atomic E-state index is -2.09. The summed E-state index contributed by atoms with van der Waals surface area (Å²) >= 11 is 0. The number of phenolic OH excluding ortho intramolecular Hbond substituents is 3. The molecule has 7 amide bonds. The van der Waals surface area contributed by atoms with Crippen molar-refractivity contribution in [3.63, 3.8) is 0 Å². The Bertz CT molecular complexity index is 3670. The molecule has 10 N–H and O–H groups in total. The number of Topliss-reactive ketones (excluding diaryl/α,β-unsaturated/α-hetero) is 2. The summed E-state index contributed by atoms with van der Waals surface area (Å²) in [5.74, 6) is -10.7. The van der Waals surface area contributed by atoms with Crippen LogP contribution in [0.2, 0.25) is 0 Å². The number of amides is 7. The second-order valence-electron chi connectivity index (χ2n) is 27.7. The number of nitrogens with one attached hydrogen (secondary N) is 4. The van der Waals surface area contributed by atoms with Gasteiger partial charge in [-0.3, -0.25) is 48.3 Å². The van der Waals surface area contributed by atoms with Crippen LogP contribution in [0.4, 0.5) is 16.2 Å². The summed E-state index contributed by atoms with van der Waals surface area (Å²) in [5, 5.41) is 65.4. The van der Waals surface area contributed by atoms with Gasteiger partial charge in [-0.2, -0.15) is 5.10 Å². The first-order chi connectivity index (χ1) is 46.7. The van der Waals surface area contributed by atoms with E-state index in [1.54, 1.807) is 49.2 Å². The van der Waals surface area contributed by atoms with Crippen LogP contribution in [0.1, 0.15) is 141 Å². The number of esters is 1. The van der Waals surface area contributed by atoms with E-state index in [1.807, 2.05) is 46.8 Å². The molecule has 0 aliphatic carbocycles. The Morgan fingerprint density at radius 1 is 0.879 bits per heavy atom. The predicted octanol–water partition coefficient (Wildman–Crippen LogP) is 7.91. The number of aliphatic hydroxyl groups is 1. The fourth-order valence-electron chi connectivity index (χ4n) is 13.3.